The third-order valence-electron chi connectivity index (χ3n) is 5.40. The quantitative estimate of drug-likeness (QED) is 0.708. The number of ether oxygens (including phenoxy) is 1. The fraction of sp³-hybridized carbons (Fsp3) is 0.455. The van der Waals surface area contributed by atoms with Gasteiger partial charge in [-0.1, -0.05) is 25.1 Å². The number of carbonyl (C=O) groups excluding carboxylic acids is 2. The number of fused-ring (bicyclic) bond motifs is 1. The standard InChI is InChI=1S/C22H28N2O3S/c1-4-16(2)24(17(3)25)14-22(26)23-12-10-21-19(11-13-28-21)20(23)15-27-18-8-6-5-7-9-18/h5-9,11,13,16,20H,4,10,12,14-15H2,1-3H3/t16-,20-/m0/s1. The first-order valence-electron chi connectivity index (χ1n) is 9.82. The van der Waals surface area contributed by atoms with E-state index in [1.807, 2.05) is 49.1 Å². The van der Waals surface area contributed by atoms with Crippen LogP contribution in [0.4, 0.5) is 0 Å². The van der Waals surface area contributed by atoms with Crippen LogP contribution in [0.3, 0.4) is 0 Å². The Labute approximate surface area is 170 Å². The van der Waals surface area contributed by atoms with Crippen LogP contribution in [0, 0.1) is 0 Å². The van der Waals surface area contributed by atoms with Crippen molar-refractivity contribution in [1.82, 2.24) is 9.80 Å². The smallest absolute Gasteiger partial charge is 0.242 e. The molecule has 0 fully saturated rings. The number of benzene rings is 1. The zero-order chi connectivity index (χ0) is 20.1. The minimum atomic E-state index is -0.131. The lowest BCUT2D eigenvalue weighted by molar-refractivity contribution is -0.143. The number of carbonyl (C=O) groups is 2. The third kappa shape index (κ3) is 4.55. The van der Waals surface area contributed by atoms with E-state index in [1.165, 1.54) is 17.4 Å². The van der Waals surface area contributed by atoms with Crippen LogP contribution in [0.5, 0.6) is 5.75 Å². The molecule has 2 aromatic rings. The Morgan fingerprint density at radius 1 is 1.29 bits per heavy atom. The first-order valence-corrected chi connectivity index (χ1v) is 10.7. The van der Waals surface area contributed by atoms with E-state index in [1.54, 1.807) is 16.2 Å². The van der Waals surface area contributed by atoms with E-state index < -0.39 is 0 Å². The van der Waals surface area contributed by atoms with E-state index in [9.17, 15) is 9.59 Å². The van der Waals surface area contributed by atoms with Crippen molar-refractivity contribution in [2.24, 2.45) is 0 Å². The molecule has 0 saturated carbocycles. The predicted octanol–water partition coefficient (Wildman–Crippen LogP) is 3.90. The molecule has 6 heteroatoms. The number of amides is 2. The van der Waals surface area contributed by atoms with Gasteiger partial charge in [-0.15, -0.1) is 11.3 Å². The van der Waals surface area contributed by atoms with Gasteiger partial charge in [0, 0.05) is 24.4 Å². The summed E-state index contributed by atoms with van der Waals surface area (Å²) in [5, 5.41) is 2.08. The highest BCUT2D eigenvalue weighted by atomic mass is 32.1. The fourth-order valence-corrected chi connectivity index (χ4v) is 4.53. The molecule has 2 atom stereocenters. The first kappa shape index (κ1) is 20.4. The van der Waals surface area contributed by atoms with E-state index in [-0.39, 0.29) is 30.4 Å². The van der Waals surface area contributed by atoms with Crippen LogP contribution in [-0.2, 0) is 16.0 Å². The summed E-state index contributed by atoms with van der Waals surface area (Å²) in [6, 6.07) is 11.7. The molecule has 1 aliphatic rings. The van der Waals surface area contributed by atoms with Gasteiger partial charge in [-0.25, -0.2) is 0 Å². The van der Waals surface area contributed by atoms with Gasteiger partial charge in [0.05, 0.1) is 12.6 Å². The summed E-state index contributed by atoms with van der Waals surface area (Å²) >= 11 is 1.73. The second kappa shape index (κ2) is 9.24. The molecular weight excluding hydrogens is 372 g/mol. The summed E-state index contributed by atoms with van der Waals surface area (Å²) < 4.78 is 6.00. The van der Waals surface area contributed by atoms with Gasteiger partial charge >= 0.3 is 0 Å². The summed E-state index contributed by atoms with van der Waals surface area (Å²) in [7, 11) is 0. The second-order valence-corrected chi connectivity index (χ2v) is 8.18. The number of hydrogen-bond acceptors (Lipinski definition) is 4. The molecular formula is C22H28N2O3S. The van der Waals surface area contributed by atoms with E-state index in [0.29, 0.717) is 13.2 Å². The molecule has 0 bridgehead atoms. The Morgan fingerprint density at radius 3 is 2.71 bits per heavy atom. The summed E-state index contributed by atoms with van der Waals surface area (Å²) in [5.74, 6) is 0.712. The topological polar surface area (TPSA) is 49.9 Å². The van der Waals surface area contributed by atoms with Crippen molar-refractivity contribution in [1.29, 1.82) is 0 Å². The molecule has 5 nitrogen and oxygen atoms in total. The number of para-hydroxylation sites is 1. The predicted molar refractivity (Wildman–Crippen MR) is 112 cm³/mol. The molecule has 0 aliphatic carbocycles. The minimum Gasteiger partial charge on any atom is -0.491 e. The summed E-state index contributed by atoms with van der Waals surface area (Å²) in [6.07, 6.45) is 1.67. The zero-order valence-corrected chi connectivity index (χ0v) is 17.6. The molecule has 0 spiro atoms. The van der Waals surface area contributed by atoms with Crippen molar-refractivity contribution in [3.05, 3.63) is 52.2 Å². The highest BCUT2D eigenvalue weighted by Gasteiger charge is 2.33. The molecule has 150 valence electrons. The molecule has 0 N–H and O–H groups in total. The Hall–Kier alpha value is -2.34. The van der Waals surface area contributed by atoms with Crippen molar-refractivity contribution in [3.63, 3.8) is 0 Å². The molecule has 2 heterocycles. The highest BCUT2D eigenvalue weighted by Crippen LogP contribution is 2.34. The maximum absolute atomic E-state index is 13.2. The largest absolute Gasteiger partial charge is 0.491 e. The molecule has 0 unspecified atom stereocenters. The van der Waals surface area contributed by atoms with E-state index in [4.69, 9.17) is 4.74 Å². The maximum Gasteiger partial charge on any atom is 0.242 e. The molecule has 1 aromatic carbocycles. The lowest BCUT2D eigenvalue weighted by Crippen LogP contribution is -2.49. The Kier molecular flexibility index (Phi) is 6.73. The van der Waals surface area contributed by atoms with Gasteiger partial charge in [0.25, 0.3) is 0 Å². The van der Waals surface area contributed by atoms with Gasteiger partial charge in [-0.05, 0) is 48.9 Å². The Balaban J connectivity index is 1.77. The molecule has 0 saturated heterocycles. The molecule has 1 aromatic heterocycles. The van der Waals surface area contributed by atoms with Gasteiger partial charge in [0.1, 0.15) is 12.4 Å². The molecule has 3 rings (SSSR count). The van der Waals surface area contributed by atoms with Crippen LogP contribution >= 0.6 is 11.3 Å². The molecule has 0 radical (unpaired) electrons. The average Bonchev–Trinajstić information content (AvgIpc) is 3.19. The minimum absolute atomic E-state index is 0.0194. The van der Waals surface area contributed by atoms with Gasteiger partial charge in [-0.3, -0.25) is 9.59 Å². The van der Waals surface area contributed by atoms with E-state index in [0.717, 1.165) is 18.6 Å². The van der Waals surface area contributed by atoms with Crippen molar-refractivity contribution < 1.29 is 14.3 Å². The van der Waals surface area contributed by atoms with Crippen LogP contribution in [0.2, 0.25) is 0 Å². The number of thiophene rings is 1. The molecule has 2 amide bonds. The highest BCUT2D eigenvalue weighted by molar-refractivity contribution is 7.10. The van der Waals surface area contributed by atoms with Gasteiger partial charge < -0.3 is 14.5 Å². The Bertz CT molecular complexity index is 805. The summed E-state index contributed by atoms with van der Waals surface area (Å²) in [6.45, 7) is 6.72. The monoisotopic (exact) mass is 400 g/mol. The SMILES string of the molecule is CC[C@H](C)N(CC(=O)N1CCc2sccc2[C@@H]1COc1ccccc1)C(C)=O. The zero-order valence-electron chi connectivity index (χ0n) is 16.8. The summed E-state index contributed by atoms with van der Waals surface area (Å²) in [4.78, 5) is 30.1. The lowest BCUT2D eigenvalue weighted by Gasteiger charge is -2.37. The molecule has 1 aliphatic heterocycles. The van der Waals surface area contributed by atoms with Gasteiger partial charge in [0.15, 0.2) is 0 Å². The van der Waals surface area contributed by atoms with Crippen molar-refractivity contribution >= 4 is 23.2 Å². The summed E-state index contributed by atoms with van der Waals surface area (Å²) in [5.41, 5.74) is 1.17. The van der Waals surface area contributed by atoms with Crippen LogP contribution < -0.4 is 4.74 Å². The van der Waals surface area contributed by atoms with Gasteiger partial charge in [-0.2, -0.15) is 0 Å². The first-order chi connectivity index (χ1) is 13.5. The fourth-order valence-electron chi connectivity index (χ4n) is 3.60. The number of hydrogen-bond donors (Lipinski definition) is 0. The lowest BCUT2D eigenvalue weighted by atomic mass is 10.00. The number of rotatable bonds is 7. The normalized spacial score (nSPS) is 17.0. The van der Waals surface area contributed by atoms with Crippen molar-refractivity contribution in [2.45, 2.75) is 45.7 Å². The maximum atomic E-state index is 13.2. The molecule has 28 heavy (non-hydrogen) atoms. The second-order valence-electron chi connectivity index (χ2n) is 7.18. The van der Waals surface area contributed by atoms with Crippen molar-refractivity contribution in [2.75, 3.05) is 19.7 Å². The van der Waals surface area contributed by atoms with Gasteiger partial charge in [0.2, 0.25) is 11.8 Å². The number of nitrogens with zero attached hydrogens (tertiary/aromatic N) is 2. The van der Waals surface area contributed by atoms with Crippen LogP contribution in [0.1, 0.15) is 43.7 Å². The average molecular weight is 401 g/mol. The van der Waals surface area contributed by atoms with Crippen LogP contribution in [0.15, 0.2) is 41.8 Å². The Morgan fingerprint density at radius 2 is 2.04 bits per heavy atom. The van der Waals surface area contributed by atoms with Crippen molar-refractivity contribution in [3.8, 4) is 5.75 Å². The van der Waals surface area contributed by atoms with E-state index in [2.05, 4.69) is 11.4 Å². The van der Waals surface area contributed by atoms with E-state index >= 15 is 0 Å². The van der Waals surface area contributed by atoms with Crippen LogP contribution in [0.25, 0.3) is 0 Å². The third-order valence-corrected chi connectivity index (χ3v) is 6.40. The van der Waals surface area contributed by atoms with Crippen LogP contribution in [-0.4, -0.2) is 47.4 Å².